The summed E-state index contributed by atoms with van der Waals surface area (Å²) in [5, 5.41) is 4.23. The SMILES string of the molecule is CC(C)(C)C(=O)N1CCN([C@H](c2ccccc2)c2nc(-c3ccccc3)no2)CC1. The number of amides is 1. The van der Waals surface area contributed by atoms with Gasteiger partial charge in [0.15, 0.2) is 0 Å². The second-order valence-corrected chi connectivity index (χ2v) is 8.71. The Labute approximate surface area is 177 Å². The summed E-state index contributed by atoms with van der Waals surface area (Å²) in [4.78, 5) is 21.7. The topological polar surface area (TPSA) is 62.5 Å². The summed E-state index contributed by atoms with van der Waals surface area (Å²) in [5.74, 6) is 1.37. The van der Waals surface area contributed by atoms with Crippen molar-refractivity contribution < 1.29 is 9.32 Å². The lowest BCUT2D eigenvalue weighted by Crippen LogP contribution is -2.52. The molecule has 1 aliphatic rings. The van der Waals surface area contributed by atoms with Crippen molar-refractivity contribution in [2.45, 2.75) is 26.8 Å². The van der Waals surface area contributed by atoms with Gasteiger partial charge in [0.2, 0.25) is 17.6 Å². The fourth-order valence-electron chi connectivity index (χ4n) is 3.85. The lowest BCUT2D eigenvalue weighted by atomic mass is 9.94. The smallest absolute Gasteiger partial charge is 0.248 e. The predicted octanol–water partition coefficient (Wildman–Crippen LogP) is 4.02. The number of carbonyl (C=O) groups is 1. The molecule has 0 aliphatic carbocycles. The molecule has 1 atom stereocenters. The zero-order valence-corrected chi connectivity index (χ0v) is 17.8. The first kappa shape index (κ1) is 20.3. The van der Waals surface area contributed by atoms with E-state index in [0.717, 1.165) is 24.2 Å². The highest BCUT2D eigenvalue weighted by Crippen LogP contribution is 2.30. The molecule has 1 aliphatic heterocycles. The average molecular weight is 405 g/mol. The van der Waals surface area contributed by atoms with Gasteiger partial charge in [0.05, 0.1) is 0 Å². The molecular weight excluding hydrogens is 376 g/mol. The van der Waals surface area contributed by atoms with Gasteiger partial charge in [-0.3, -0.25) is 9.69 Å². The molecular formula is C24H28N4O2. The van der Waals surface area contributed by atoms with Gasteiger partial charge >= 0.3 is 0 Å². The molecule has 156 valence electrons. The van der Waals surface area contributed by atoms with Gasteiger partial charge in [0.1, 0.15) is 6.04 Å². The van der Waals surface area contributed by atoms with E-state index < -0.39 is 0 Å². The molecule has 6 heteroatoms. The third kappa shape index (κ3) is 4.28. The first-order valence-electron chi connectivity index (χ1n) is 10.4. The molecule has 30 heavy (non-hydrogen) atoms. The second kappa shape index (κ2) is 8.40. The van der Waals surface area contributed by atoms with Crippen LogP contribution in [0.3, 0.4) is 0 Å². The number of carbonyl (C=O) groups excluding carboxylic acids is 1. The summed E-state index contributed by atoms with van der Waals surface area (Å²) < 4.78 is 5.73. The van der Waals surface area contributed by atoms with Crippen LogP contribution >= 0.6 is 0 Å². The van der Waals surface area contributed by atoms with Crippen LogP contribution < -0.4 is 0 Å². The fraction of sp³-hybridized carbons (Fsp3) is 0.375. The minimum absolute atomic E-state index is 0.136. The minimum Gasteiger partial charge on any atom is -0.340 e. The standard InChI is InChI=1S/C24H28N4O2/c1-24(2,3)23(29)28-16-14-27(15-17-28)20(18-10-6-4-7-11-18)22-25-21(26-30-22)19-12-8-5-9-13-19/h4-13,20H,14-17H2,1-3H3/t20-/m1/s1. The molecule has 0 radical (unpaired) electrons. The van der Waals surface area contributed by atoms with E-state index in [1.54, 1.807) is 0 Å². The van der Waals surface area contributed by atoms with Crippen LogP contribution in [-0.4, -0.2) is 52.0 Å². The van der Waals surface area contributed by atoms with Crippen molar-refractivity contribution in [2.24, 2.45) is 5.41 Å². The molecule has 0 saturated carbocycles. The highest BCUT2D eigenvalue weighted by Gasteiger charge is 2.34. The number of nitrogens with zero attached hydrogens (tertiary/aromatic N) is 4. The summed E-state index contributed by atoms with van der Waals surface area (Å²) in [6.45, 7) is 8.81. The Morgan fingerprint density at radius 1 is 0.933 bits per heavy atom. The Balaban J connectivity index is 1.58. The van der Waals surface area contributed by atoms with Gasteiger partial charge in [0, 0.05) is 37.2 Å². The number of benzene rings is 2. The van der Waals surface area contributed by atoms with Crippen molar-refractivity contribution in [3.63, 3.8) is 0 Å². The number of rotatable bonds is 4. The molecule has 0 unspecified atom stereocenters. The summed E-state index contributed by atoms with van der Waals surface area (Å²) >= 11 is 0. The third-order valence-electron chi connectivity index (χ3n) is 5.43. The first-order valence-corrected chi connectivity index (χ1v) is 10.4. The Morgan fingerprint density at radius 3 is 2.13 bits per heavy atom. The number of hydrogen-bond acceptors (Lipinski definition) is 5. The molecule has 0 spiro atoms. The minimum atomic E-state index is -0.363. The molecule has 1 amide bonds. The molecule has 2 aromatic carbocycles. The van der Waals surface area contributed by atoms with E-state index >= 15 is 0 Å². The number of aromatic nitrogens is 2. The summed E-state index contributed by atoms with van der Waals surface area (Å²) in [5.41, 5.74) is 1.68. The van der Waals surface area contributed by atoms with Crippen LogP contribution in [-0.2, 0) is 4.79 Å². The highest BCUT2D eigenvalue weighted by molar-refractivity contribution is 5.81. The molecule has 1 aromatic heterocycles. The molecule has 2 heterocycles. The van der Waals surface area contributed by atoms with Crippen LogP contribution in [0.5, 0.6) is 0 Å². The van der Waals surface area contributed by atoms with Crippen molar-refractivity contribution >= 4 is 5.91 Å². The molecule has 0 N–H and O–H groups in total. The predicted molar refractivity (Wildman–Crippen MR) is 116 cm³/mol. The lowest BCUT2D eigenvalue weighted by molar-refractivity contribution is -0.141. The molecule has 1 saturated heterocycles. The van der Waals surface area contributed by atoms with Crippen LogP contribution in [0, 0.1) is 5.41 Å². The molecule has 0 bridgehead atoms. The Bertz CT molecular complexity index is 971. The fourth-order valence-corrected chi connectivity index (χ4v) is 3.85. The van der Waals surface area contributed by atoms with Gasteiger partial charge in [-0.15, -0.1) is 0 Å². The van der Waals surface area contributed by atoms with Crippen LogP contribution in [0.4, 0.5) is 0 Å². The van der Waals surface area contributed by atoms with Crippen molar-refractivity contribution in [1.82, 2.24) is 19.9 Å². The maximum atomic E-state index is 12.7. The van der Waals surface area contributed by atoms with E-state index in [9.17, 15) is 4.79 Å². The average Bonchev–Trinajstić information content (AvgIpc) is 3.24. The molecule has 4 rings (SSSR count). The Kier molecular flexibility index (Phi) is 5.68. The summed E-state index contributed by atoms with van der Waals surface area (Å²) in [6, 6.07) is 19.9. The molecule has 1 fully saturated rings. The van der Waals surface area contributed by atoms with Gasteiger partial charge in [-0.1, -0.05) is 86.6 Å². The zero-order chi connectivity index (χ0) is 21.1. The van der Waals surface area contributed by atoms with E-state index in [0.29, 0.717) is 24.8 Å². The normalized spacial score (nSPS) is 16.4. The molecule has 3 aromatic rings. The quantitative estimate of drug-likeness (QED) is 0.657. The Hall–Kier alpha value is -2.99. The number of piperazine rings is 1. The van der Waals surface area contributed by atoms with Crippen molar-refractivity contribution in [2.75, 3.05) is 26.2 Å². The largest absolute Gasteiger partial charge is 0.340 e. The van der Waals surface area contributed by atoms with Gasteiger partial charge in [0.25, 0.3) is 0 Å². The van der Waals surface area contributed by atoms with Crippen LogP contribution in [0.1, 0.15) is 38.3 Å². The maximum absolute atomic E-state index is 12.7. The lowest BCUT2D eigenvalue weighted by Gasteiger charge is -2.40. The van der Waals surface area contributed by atoms with E-state index in [1.165, 1.54) is 0 Å². The van der Waals surface area contributed by atoms with E-state index in [2.05, 4.69) is 22.2 Å². The van der Waals surface area contributed by atoms with E-state index in [4.69, 9.17) is 9.51 Å². The zero-order valence-electron chi connectivity index (χ0n) is 17.8. The van der Waals surface area contributed by atoms with Crippen LogP contribution in [0.15, 0.2) is 65.2 Å². The highest BCUT2D eigenvalue weighted by atomic mass is 16.5. The van der Waals surface area contributed by atoms with Gasteiger partial charge < -0.3 is 9.42 Å². The summed E-state index contributed by atoms with van der Waals surface area (Å²) in [7, 11) is 0. The van der Waals surface area contributed by atoms with Gasteiger partial charge in [-0.25, -0.2) is 0 Å². The molecule has 6 nitrogen and oxygen atoms in total. The van der Waals surface area contributed by atoms with Gasteiger partial charge in [-0.2, -0.15) is 4.98 Å². The first-order chi connectivity index (χ1) is 14.4. The monoisotopic (exact) mass is 404 g/mol. The second-order valence-electron chi connectivity index (χ2n) is 8.71. The van der Waals surface area contributed by atoms with E-state index in [1.807, 2.05) is 74.2 Å². The van der Waals surface area contributed by atoms with Gasteiger partial charge in [-0.05, 0) is 5.56 Å². The maximum Gasteiger partial charge on any atom is 0.248 e. The Morgan fingerprint density at radius 2 is 1.53 bits per heavy atom. The van der Waals surface area contributed by atoms with Crippen molar-refractivity contribution in [1.29, 1.82) is 0 Å². The van der Waals surface area contributed by atoms with E-state index in [-0.39, 0.29) is 17.4 Å². The number of hydrogen-bond donors (Lipinski definition) is 0. The summed E-state index contributed by atoms with van der Waals surface area (Å²) in [6.07, 6.45) is 0. The van der Waals surface area contributed by atoms with Crippen LogP contribution in [0.25, 0.3) is 11.4 Å². The van der Waals surface area contributed by atoms with Crippen molar-refractivity contribution in [3.05, 3.63) is 72.1 Å². The third-order valence-corrected chi connectivity index (χ3v) is 5.43. The van der Waals surface area contributed by atoms with Crippen molar-refractivity contribution in [3.8, 4) is 11.4 Å². The van der Waals surface area contributed by atoms with Crippen LogP contribution in [0.2, 0.25) is 0 Å².